The van der Waals surface area contributed by atoms with Crippen molar-refractivity contribution in [2.75, 3.05) is 0 Å². The summed E-state index contributed by atoms with van der Waals surface area (Å²) in [5.41, 5.74) is 12.9. The Morgan fingerprint density at radius 3 is 2.36 bits per heavy atom. The SMILES string of the molecule is Cc1ccc(C(=O)N=C(N)N)cc1C. The van der Waals surface area contributed by atoms with E-state index in [9.17, 15) is 4.79 Å². The normalized spacial score (nSPS) is 9.57. The number of benzene rings is 1. The van der Waals surface area contributed by atoms with Crippen LogP contribution in [-0.4, -0.2) is 11.9 Å². The Hall–Kier alpha value is -1.84. The monoisotopic (exact) mass is 191 g/mol. The van der Waals surface area contributed by atoms with Crippen molar-refractivity contribution in [1.29, 1.82) is 0 Å². The Morgan fingerprint density at radius 1 is 1.21 bits per heavy atom. The van der Waals surface area contributed by atoms with Gasteiger partial charge in [-0.1, -0.05) is 6.07 Å². The first-order valence-corrected chi connectivity index (χ1v) is 4.22. The fourth-order valence-corrected chi connectivity index (χ4v) is 1.06. The van der Waals surface area contributed by atoms with Gasteiger partial charge in [-0.3, -0.25) is 4.79 Å². The molecule has 0 aliphatic heterocycles. The maximum atomic E-state index is 11.4. The summed E-state index contributed by atoms with van der Waals surface area (Å²) < 4.78 is 0. The summed E-state index contributed by atoms with van der Waals surface area (Å²) in [6.45, 7) is 3.91. The van der Waals surface area contributed by atoms with Crippen molar-refractivity contribution in [2.45, 2.75) is 13.8 Å². The highest BCUT2D eigenvalue weighted by atomic mass is 16.1. The molecule has 0 aliphatic rings. The van der Waals surface area contributed by atoms with E-state index < -0.39 is 5.91 Å². The van der Waals surface area contributed by atoms with Crippen LogP contribution >= 0.6 is 0 Å². The van der Waals surface area contributed by atoms with E-state index in [2.05, 4.69) is 4.99 Å². The van der Waals surface area contributed by atoms with Crippen LogP contribution in [0.15, 0.2) is 23.2 Å². The smallest absolute Gasteiger partial charge is 0.280 e. The molecule has 0 aliphatic carbocycles. The molecule has 0 saturated carbocycles. The summed E-state index contributed by atoms with van der Waals surface area (Å²) >= 11 is 0. The number of aliphatic imine (C=N–C) groups is 1. The van der Waals surface area contributed by atoms with Crippen LogP contribution in [-0.2, 0) is 0 Å². The molecule has 4 N–H and O–H groups in total. The third kappa shape index (κ3) is 2.32. The van der Waals surface area contributed by atoms with E-state index in [1.165, 1.54) is 0 Å². The molecule has 0 saturated heterocycles. The highest BCUT2D eigenvalue weighted by Crippen LogP contribution is 2.10. The number of nitrogens with zero attached hydrogens (tertiary/aromatic N) is 1. The maximum Gasteiger partial charge on any atom is 0.280 e. The molecule has 0 heterocycles. The number of hydrogen-bond donors (Lipinski definition) is 2. The van der Waals surface area contributed by atoms with Gasteiger partial charge in [0.05, 0.1) is 0 Å². The molecule has 1 amide bonds. The van der Waals surface area contributed by atoms with Crippen LogP contribution in [0.2, 0.25) is 0 Å². The van der Waals surface area contributed by atoms with Crippen LogP contribution in [0, 0.1) is 13.8 Å². The van der Waals surface area contributed by atoms with Crippen molar-refractivity contribution in [1.82, 2.24) is 0 Å². The second-order valence-corrected chi connectivity index (χ2v) is 3.14. The molecular formula is C10H13N3O. The Labute approximate surface area is 82.6 Å². The molecule has 1 aromatic carbocycles. The van der Waals surface area contributed by atoms with Gasteiger partial charge < -0.3 is 11.5 Å². The number of aryl methyl sites for hydroxylation is 2. The first-order chi connectivity index (χ1) is 6.50. The number of guanidine groups is 1. The molecular weight excluding hydrogens is 178 g/mol. The van der Waals surface area contributed by atoms with Gasteiger partial charge in [0.15, 0.2) is 5.96 Å². The number of carbonyl (C=O) groups is 1. The van der Waals surface area contributed by atoms with Gasteiger partial charge >= 0.3 is 0 Å². The van der Waals surface area contributed by atoms with Crippen molar-refractivity contribution in [3.05, 3.63) is 34.9 Å². The predicted molar refractivity (Wildman–Crippen MR) is 56.1 cm³/mol. The molecule has 0 fully saturated rings. The molecule has 0 atom stereocenters. The number of rotatable bonds is 1. The summed E-state index contributed by atoms with van der Waals surface area (Å²) in [6, 6.07) is 5.34. The number of amides is 1. The van der Waals surface area contributed by atoms with Crippen LogP contribution < -0.4 is 11.5 Å². The van der Waals surface area contributed by atoms with E-state index in [-0.39, 0.29) is 5.96 Å². The summed E-state index contributed by atoms with van der Waals surface area (Å²) in [6.07, 6.45) is 0. The average Bonchev–Trinajstić information content (AvgIpc) is 2.08. The summed E-state index contributed by atoms with van der Waals surface area (Å²) in [5, 5.41) is 0. The molecule has 1 aromatic rings. The van der Waals surface area contributed by atoms with Gasteiger partial charge in [0.1, 0.15) is 0 Å². The standard InChI is InChI=1S/C10H13N3O/c1-6-3-4-8(5-7(6)2)9(14)13-10(11)12/h3-5H,1-2H3,(H4,11,12,13,14). The van der Waals surface area contributed by atoms with Crippen LogP contribution in [0.5, 0.6) is 0 Å². The maximum absolute atomic E-state index is 11.4. The quantitative estimate of drug-likeness (QED) is 0.507. The fraction of sp³-hybridized carbons (Fsp3) is 0.200. The Bertz CT molecular complexity index is 392. The third-order valence-electron chi connectivity index (χ3n) is 1.98. The van der Waals surface area contributed by atoms with Crippen LogP contribution in [0.1, 0.15) is 21.5 Å². The second kappa shape index (κ2) is 3.91. The highest BCUT2D eigenvalue weighted by Gasteiger charge is 2.04. The molecule has 0 radical (unpaired) electrons. The lowest BCUT2D eigenvalue weighted by atomic mass is 10.1. The largest absolute Gasteiger partial charge is 0.370 e. The molecule has 4 nitrogen and oxygen atoms in total. The molecule has 0 spiro atoms. The first kappa shape index (κ1) is 10.2. The lowest BCUT2D eigenvalue weighted by Gasteiger charge is -2.01. The number of carbonyl (C=O) groups excluding carboxylic acids is 1. The molecule has 1 rings (SSSR count). The second-order valence-electron chi connectivity index (χ2n) is 3.14. The molecule has 4 heteroatoms. The van der Waals surface area contributed by atoms with Crippen LogP contribution in [0.25, 0.3) is 0 Å². The van der Waals surface area contributed by atoms with E-state index in [1.807, 2.05) is 19.9 Å². The Morgan fingerprint density at radius 2 is 1.86 bits per heavy atom. The van der Waals surface area contributed by atoms with Crippen LogP contribution in [0.4, 0.5) is 0 Å². The van der Waals surface area contributed by atoms with Crippen LogP contribution in [0.3, 0.4) is 0 Å². The first-order valence-electron chi connectivity index (χ1n) is 4.22. The van der Waals surface area contributed by atoms with Gasteiger partial charge in [-0.2, -0.15) is 4.99 Å². The summed E-state index contributed by atoms with van der Waals surface area (Å²) in [5.74, 6) is -0.624. The lowest BCUT2D eigenvalue weighted by Crippen LogP contribution is -2.24. The van der Waals surface area contributed by atoms with Crippen molar-refractivity contribution >= 4 is 11.9 Å². The zero-order chi connectivity index (χ0) is 10.7. The van der Waals surface area contributed by atoms with Crippen molar-refractivity contribution in [3.8, 4) is 0 Å². The van der Waals surface area contributed by atoms with Crippen molar-refractivity contribution in [2.24, 2.45) is 16.5 Å². The molecule has 0 aromatic heterocycles. The van der Waals surface area contributed by atoms with E-state index in [0.29, 0.717) is 5.56 Å². The van der Waals surface area contributed by atoms with Gasteiger partial charge in [-0.15, -0.1) is 0 Å². The average molecular weight is 191 g/mol. The summed E-state index contributed by atoms with van der Waals surface area (Å²) in [7, 11) is 0. The lowest BCUT2D eigenvalue weighted by molar-refractivity contribution is 0.100. The molecule has 14 heavy (non-hydrogen) atoms. The van der Waals surface area contributed by atoms with Gasteiger partial charge in [-0.25, -0.2) is 0 Å². The number of hydrogen-bond acceptors (Lipinski definition) is 1. The van der Waals surface area contributed by atoms with Crippen molar-refractivity contribution in [3.63, 3.8) is 0 Å². The van der Waals surface area contributed by atoms with E-state index in [1.54, 1.807) is 12.1 Å². The van der Waals surface area contributed by atoms with Gasteiger partial charge in [0.25, 0.3) is 5.91 Å². The minimum atomic E-state index is -0.409. The summed E-state index contributed by atoms with van der Waals surface area (Å²) in [4.78, 5) is 14.8. The van der Waals surface area contributed by atoms with Gasteiger partial charge in [0.2, 0.25) is 0 Å². The van der Waals surface area contributed by atoms with E-state index in [4.69, 9.17) is 11.5 Å². The predicted octanol–water partition coefficient (Wildman–Crippen LogP) is 0.717. The van der Waals surface area contributed by atoms with E-state index >= 15 is 0 Å². The van der Waals surface area contributed by atoms with Crippen molar-refractivity contribution < 1.29 is 4.79 Å². The molecule has 74 valence electrons. The van der Waals surface area contributed by atoms with Gasteiger partial charge in [-0.05, 0) is 37.1 Å². The third-order valence-corrected chi connectivity index (χ3v) is 1.98. The highest BCUT2D eigenvalue weighted by molar-refractivity contribution is 6.01. The zero-order valence-corrected chi connectivity index (χ0v) is 8.24. The molecule has 0 unspecified atom stereocenters. The Balaban J connectivity index is 3.03. The minimum absolute atomic E-state index is 0.215. The van der Waals surface area contributed by atoms with E-state index in [0.717, 1.165) is 11.1 Å². The molecule has 0 bridgehead atoms. The zero-order valence-electron chi connectivity index (χ0n) is 8.24. The van der Waals surface area contributed by atoms with Gasteiger partial charge in [0, 0.05) is 5.56 Å². The minimum Gasteiger partial charge on any atom is -0.370 e. The topological polar surface area (TPSA) is 81.5 Å². The number of nitrogens with two attached hydrogens (primary N) is 2. The fourth-order valence-electron chi connectivity index (χ4n) is 1.06. The Kier molecular flexibility index (Phi) is 2.86.